The molecule has 2 heterocycles. The molecule has 4 rings (SSSR count). The second-order valence-electron chi connectivity index (χ2n) is 7.15. The van der Waals surface area contributed by atoms with Gasteiger partial charge in [-0.3, -0.25) is 14.6 Å². The summed E-state index contributed by atoms with van der Waals surface area (Å²) in [4.78, 5) is 16.5. The molecule has 1 aromatic heterocycles. The summed E-state index contributed by atoms with van der Waals surface area (Å²) in [7, 11) is 0. The van der Waals surface area contributed by atoms with Crippen LogP contribution in [0.5, 0.6) is 5.75 Å². The van der Waals surface area contributed by atoms with Gasteiger partial charge in [-0.25, -0.2) is 0 Å². The van der Waals surface area contributed by atoms with Gasteiger partial charge in [-0.2, -0.15) is 0 Å². The van der Waals surface area contributed by atoms with E-state index < -0.39 is 0 Å². The molecular formula is C17H24N2O3. The lowest BCUT2D eigenvalue weighted by molar-refractivity contribution is 0.0646. The molecule has 1 aliphatic heterocycles. The maximum Gasteiger partial charge on any atom is 0.226 e. The highest BCUT2D eigenvalue weighted by Gasteiger charge is 2.42. The number of hydrogen-bond donors (Lipinski definition) is 1. The molecule has 1 aromatic rings. The molecule has 0 aromatic carbocycles. The number of piperazine rings is 1. The molecule has 2 bridgehead atoms. The van der Waals surface area contributed by atoms with Crippen molar-refractivity contribution < 1.29 is 9.52 Å². The Balaban J connectivity index is 1.32. The highest BCUT2D eigenvalue weighted by Crippen LogP contribution is 2.46. The Hall–Kier alpha value is -1.33. The molecule has 120 valence electrons. The van der Waals surface area contributed by atoms with Crippen LogP contribution in [0.3, 0.4) is 0 Å². The van der Waals surface area contributed by atoms with Crippen molar-refractivity contribution in [1.29, 1.82) is 0 Å². The summed E-state index contributed by atoms with van der Waals surface area (Å²) in [6.07, 6.45) is 6.92. The van der Waals surface area contributed by atoms with Gasteiger partial charge in [0.1, 0.15) is 12.0 Å². The number of nitrogens with zero attached hydrogens (tertiary/aromatic N) is 2. The second kappa shape index (κ2) is 5.70. The molecule has 1 saturated heterocycles. The van der Waals surface area contributed by atoms with Crippen LogP contribution in [0.1, 0.15) is 31.4 Å². The third-order valence-electron chi connectivity index (χ3n) is 5.82. The van der Waals surface area contributed by atoms with Gasteiger partial charge in [-0.05, 0) is 31.1 Å². The minimum atomic E-state index is -0.359. The van der Waals surface area contributed by atoms with Gasteiger partial charge in [0.05, 0.1) is 6.54 Å². The lowest BCUT2D eigenvalue weighted by atomic mass is 9.93. The van der Waals surface area contributed by atoms with Crippen LogP contribution in [0.4, 0.5) is 0 Å². The average molecular weight is 304 g/mol. The normalized spacial score (nSPS) is 32.6. The molecule has 3 atom stereocenters. The van der Waals surface area contributed by atoms with E-state index in [1.54, 1.807) is 0 Å². The van der Waals surface area contributed by atoms with Crippen LogP contribution < -0.4 is 5.43 Å². The molecular weight excluding hydrogens is 280 g/mol. The predicted molar refractivity (Wildman–Crippen MR) is 82.7 cm³/mol. The quantitative estimate of drug-likeness (QED) is 0.920. The summed E-state index contributed by atoms with van der Waals surface area (Å²) in [5.41, 5.74) is -0.359. The van der Waals surface area contributed by atoms with Crippen LogP contribution in [0.2, 0.25) is 0 Å². The van der Waals surface area contributed by atoms with Crippen LogP contribution in [-0.2, 0) is 6.54 Å². The van der Waals surface area contributed by atoms with Crippen molar-refractivity contribution in [1.82, 2.24) is 9.80 Å². The van der Waals surface area contributed by atoms with Gasteiger partial charge in [-0.15, -0.1) is 0 Å². The Morgan fingerprint density at radius 1 is 1.18 bits per heavy atom. The van der Waals surface area contributed by atoms with Gasteiger partial charge in [0, 0.05) is 38.3 Å². The van der Waals surface area contributed by atoms with Crippen LogP contribution in [0.25, 0.3) is 0 Å². The van der Waals surface area contributed by atoms with Crippen molar-refractivity contribution in [3.8, 4) is 5.75 Å². The molecule has 22 heavy (non-hydrogen) atoms. The van der Waals surface area contributed by atoms with E-state index in [4.69, 9.17) is 4.42 Å². The van der Waals surface area contributed by atoms with Crippen molar-refractivity contribution in [3.05, 3.63) is 28.3 Å². The van der Waals surface area contributed by atoms with Crippen LogP contribution in [-0.4, -0.2) is 47.1 Å². The van der Waals surface area contributed by atoms with Gasteiger partial charge in [0.25, 0.3) is 0 Å². The first kappa shape index (κ1) is 14.3. The van der Waals surface area contributed by atoms with Gasteiger partial charge in [0.2, 0.25) is 5.43 Å². The number of fused-ring (bicyclic) bond motifs is 2. The zero-order chi connectivity index (χ0) is 15.1. The smallest absolute Gasteiger partial charge is 0.226 e. The largest absolute Gasteiger partial charge is 0.502 e. The second-order valence-corrected chi connectivity index (χ2v) is 7.15. The van der Waals surface area contributed by atoms with E-state index in [0.717, 1.165) is 50.3 Å². The van der Waals surface area contributed by atoms with Crippen LogP contribution in [0.15, 0.2) is 21.5 Å². The zero-order valence-corrected chi connectivity index (χ0v) is 12.9. The Bertz CT molecular complexity index is 592. The van der Waals surface area contributed by atoms with Gasteiger partial charge >= 0.3 is 0 Å². The fraction of sp³-hybridized carbons (Fsp3) is 0.706. The lowest BCUT2D eigenvalue weighted by Gasteiger charge is -2.40. The molecule has 3 aliphatic rings. The molecule has 5 heteroatoms. The lowest BCUT2D eigenvalue weighted by Crippen LogP contribution is -2.51. The monoisotopic (exact) mass is 304 g/mol. The Morgan fingerprint density at radius 3 is 2.64 bits per heavy atom. The van der Waals surface area contributed by atoms with Crippen LogP contribution in [0, 0.1) is 11.8 Å². The average Bonchev–Trinajstić information content (AvgIpc) is 3.15. The first-order valence-electron chi connectivity index (χ1n) is 8.46. The first-order valence-corrected chi connectivity index (χ1v) is 8.46. The molecule has 5 nitrogen and oxygen atoms in total. The standard InChI is InChI=1S/C17H24N2O3/c20-16-9-14(22-11-17(16)21)10-18-3-5-19(6-4-18)15-8-12-1-2-13(15)7-12/h9,11-13,15,21H,1-8,10H2. The van der Waals surface area contributed by atoms with E-state index in [-0.39, 0.29) is 11.2 Å². The van der Waals surface area contributed by atoms with E-state index in [1.165, 1.54) is 31.7 Å². The fourth-order valence-electron chi connectivity index (χ4n) is 4.66. The third-order valence-corrected chi connectivity index (χ3v) is 5.82. The highest BCUT2D eigenvalue weighted by molar-refractivity contribution is 5.15. The summed E-state index contributed by atoms with van der Waals surface area (Å²) in [6, 6.07) is 2.23. The molecule has 3 unspecified atom stereocenters. The SMILES string of the molecule is O=c1cc(CN2CCN(C3CC4CCC3C4)CC2)occ1O. The molecule has 0 radical (unpaired) electrons. The summed E-state index contributed by atoms with van der Waals surface area (Å²) < 4.78 is 5.30. The summed E-state index contributed by atoms with van der Waals surface area (Å²) >= 11 is 0. The van der Waals surface area contributed by atoms with Gasteiger partial charge in [0.15, 0.2) is 5.75 Å². The third kappa shape index (κ3) is 2.68. The van der Waals surface area contributed by atoms with Crippen molar-refractivity contribution in [2.45, 2.75) is 38.3 Å². The fourth-order valence-corrected chi connectivity index (χ4v) is 4.66. The minimum absolute atomic E-state index is 0.315. The van der Waals surface area contributed by atoms with E-state index in [0.29, 0.717) is 12.3 Å². The van der Waals surface area contributed by atoms with E-state index in [1.807, 2.05) is 0 Å². The highest BCUT2D eigenvalue weighted by atomic mass is 16.4. The Kier molecular flexibility index (Phi) is 3.70. The summed E-state index contributed by atoms with van der Waals surface area (Å²) in [5, 5.41) is 9.23. The maximum atomic E-state index is 11.4. The van der Waals surface area contributed by atoms with Crippen molar-refractivity contribution in [3.63, 3.8) is 0 Å². The predicted octanol–water partition coefficient (Wildman–Crippen LogP) is 1.65. The molecule has 1 N–H and O–H groups in total. The number of aromatic hydroxyl groups is 1. The number of rotatable bonds is 3. The van der Waals surface area contributed by atoms with E-state index in [9.17, 15) is 9.90 Å². The van der Waals surface area contributed by atoms with Gasteiger partial charge < -0.3 is 9.52 Å². The van der Waals surface area contributed by atoms with Crippen molar-refractivity contribution in [2.24, 2.45) is 11.8 Å². The zero-order valence-electron chi connectivity index (χ0n) is 12.9. The van der Waals surface area contributed by atoms with E-state index >= 15 is 0 Å². The van der Waals surface area contributed by atoms with Gasteiger partial charge in [-0.1, -0.05) is 6.42 Å². The molecule has 0 amide bonds. The first-order chi connectivity index (χ1) is 10.7. The number of hydrogen-bond acceptors (Lipinski definition) is 5. The van der Waals surface area contributed by atoms with Crippen molar-refractivity contribution >= 4 is 0 Å². The topological polar surface area (TPSA) is 56.9 Å². The summed E-state index contributed by atoms with van der Waals surface area (Å²) in [5.74, 6) is 2.27. The molecule has 0 spiro atoms. The van der Waals surface area contributed by atoms with Crippen molar-refractivity contribution in [2.75, 3.05) is 26.2 Å². The molecule has 2 saturated carbocycles. The molecule has 3 fully saturated rings. The van der Waals surface area contributed by atoms with E-state index in [2.05, 4.69) is 9.80 Å². The minimum Gasteiger partial charge on any atom is -0.502 e. The Morgan fingerprint density at radius 2 is 2.00 bits per heavy atom. The maximum absolute atomic E-state index is 11.4. The molecule has 2 aliphatic carbocycles. The Labute approximate surface area is 130 Å². The van der Waals surface area contributed by atoms with Crippen LogP contribution >= 0.6 is 0 Å². The summed E-state index contributed by atoms with van der Waals surface area (Å²) in [6.45, 7) is 4.95.